The number of amides is 4. The Bertz CT molecular complexity index is 1300. The predicted molar refractivity (Wildman–Crippen MR) is 122 cm³/mol. The molecule has 7 heteroatoms. The number of anilines is 1. The van der Waals surface area contributed by atoms with Crippen LogP contribution in [0.1, 0.15) is 22.3 Å². The van der Waals surface area contributed by atoms with E-state index in [4.69, 9.17) is 4.74 Å². The van der Waals surface area contributed by atoms with Crippen LogP contribution in [0.3, 0.4) is 0 Å². The normalized spacial score (nSPS) is 14.7. The Balaban J connectivity index is 1.52. The molecule has 0 atom stereocenters. The second kappa shape index (κ2) is 9.20. The number of imide groups is 2. The van der Waals surface area contributed by atoms with Gasteiger partial charge in [-0.2, -0.15) is 5.26 Å². The first-order chi connectivity index (χ1) is 16.0. The van der Waals surface area contributed by atoms with Gasteiger partial charge in [0.05, 0.1) is 17.3 Å². The van der Waals surface area contributed by atoms with Gasteiger partial charge in [-0.05, 0) is 48.9 Å². The smallest absolute Gasteiger partial charge is 0.335 e. The van der Waals surface area contributed by atoms with E-state index in [1.165, 1.54) is 6.08 Å². The lowest BCUT2D eigenvalue weighted by Crippen LogP contribution is -2.54. The van der Waals surface area contributed by atoms with E-state index in [0.29, 0.717) is 22.6 Å². The van der Waals surface area contributed by atoms with Gasteiger partial charge in [0.15, 0.2) is 0 Å². The molecule has 1 heterocycles. The summed E-state index contributed by atoms with van der Waals surface area (Å²) in [5, 5.41) is 11.4. The lowest BCUT2D eigenvalue weighted by atomic mass is 10.1. The second-order valence-corrected chi connectivity index (χ2v) is 7.42. The number of hydrogen-bond acceptors (Lipinski definition) is 5. The van der Waals surface area contributed by atoms with E-state index in [1.807, 2.05) is 19.1 Å². The van der Waals surface area contributed by atoms with Gasteiger partial charge in [0.1, 0.15) is 17.9 Å². The van der Waals surface area contributed by atoms with Crippen LogP contribution < -0.4 is 15.0 Å². The number of benzene rings is 3. The number of nitrogens with one attached hydrogen (secondary N) is 1. The Morgan fingerprint density at radius 3 is 2.36 bits per heavy atom. The van der Waals surface area contributed by atoms with Gasteiger partial charge in [-0.25, -0.2) is 9.69 Å². The van der Waals surface area contributed by atoms with Gasteiger partial charge < -0.3 is 4.74 Å². The summed E-state index contributed by atoms with van der Waals surface area (Å²) in [7, 11) is 0. The van der Waals surface area contributed by atoms with E-state index >= 15 is 0 Å². The molecule has 0 spiro atoms. The standard InChI is InChI=1S/C26H19N3O4/c1-17-6-10-21(11-7-17)29-25(31)23(24(30)28-26(29)32)14-18-8-12-22(13-9-18)33-16-20-5-3-2-4-19(20)15-27/h2-14H,16H2,1H3,(H,28,30,32)/b23-14+. The highest BCUT2D eigenvalue weighted by molar-refractivity contribution is 6.39. The van der Waals surface area contributed by atoms with Gasteiger partial charge in [-0.1, -0.05) is 48.0 Å². The minimum atomic E-state index is -0.785. The van der Waals surface area contributed by atoms with Crippen LogP contribution in [0.2, 0.25) is 0 Å². The van der Waals surface area contributed by atoms with Crippen molar-refractivity contribution >= 4 is 29.6 Å². The third-order valence-corrected chi connectivity index (χ3v) is 5.12. The van der Waals surface area contributed by atoms with Crippen molar-refractivity contribution < 1.29 is 19.1 Å². The van der Waals surface area contributed by atoms with E-state index in [9.17, 15) is 19.6 Å². The molecule has 0 aliphatic carbocycles. The minimum Gasteiger partial charge on any atom is -0.489 e. The highest BCUT2D eigenvalue weighted by atomic mass is 16.5. The Labute approximate surface area is 190 Å². The van der Waals surface area contributed by atoms with E-state index < -0.39 is 17.8 Å². The van der Waals surface area contributed by atoms with Crippen LogP contribution >= 0.6 is 0 Å². The maximum absolute atomic E-state index is 12.9. The maximum atomic E-state index is 12.9. The Morgan fingerprint density at radius 2 is 1.67 bits per heavy atom. The summed E-state index contributed by atoms with van der Waals surface area (Å²) < 4.78 is 5.75. The molecule has 0 radical (unpaired) electrons. The SMILES string of the molecule is Cc1ccc(N2C(=O)NC(=O)/C(=C\c3ccc(OCc4ccccc4C#N)cc3)C2=O)cc1. The molecule has 162 valence electrons. The van der Waals surface area contributed by atoms with E-state index in [-0.39, 0.29) is 12.2 Å². The monoisotopic (exact) mass is 437 g/mol. The summed E-state index contributed by atoms with van der Waals surface area (Å²) in [6.45, 7) is 2.13. The number of nitrogens with zero attached hydrogens (tertiary/aromatic N) is 2. The molecule has 3 aromatic carbocycles. The van der Waals surface area contributed by atoms with Gasteiger partial charge in [-0.3, -0.25) is 14.9 Å². The highest BCUT2D eigenvalue weighted by Gasteiger charge is 2.36. The zero-order chi connectivity index (χ0) is 23.4. The molecular formula is C26H19N3O4. The van der Waals surface area contributed by atoms with Crippen molar-refractivity contribution in [2.75, 3.05) is 4.90 Å². The van der Waals surface area contributed by atoms with E-state index in [1.54, 1.807) is 60.7 Å². The fraction of sp³-hybridized carbons (Fsp3) is 0.0769. The van der Waals surface area contributed by atoms with Crippen molar-refractivity contribution in [3.8, 4) is 11.8 Å². The minimum absolute atomic E-state index is 0.146. The van der Waals surface area contributed by atoms with Crippen molar-refractivity contribution in [1.82, 2.24) is 5.32 Å². The molecule has 0 aromatic heterocycles. The van der Waals surface area contributed by atoms with Crippen LogP contribution in [0.25, 0.3) is 6.08 Å². The van der Waals surface area contributed by atoms with Crippen molar-refractivity contribution in [1.29, 1.82) is 5.26 Å². The summed E-state index contributed by atoms with van der Waals surface area (Å²) in [5.74, 6) is -0.872. The van der Waals surface area contributed by atoms with Gasteiger partial charge in [0.25, 0.3) is 11.8 Å². The Hall–Kier alpha value is -4.70. The van der Waals surface area contributed by atoms with Gasteiger partial charge >= 0.3 is 6.03 Å². The molecule has 1 N–H and O–H groups in total. The number of aryl methyl sites for hydroxylation is 1. The largest absolute Gasteiger partial charge is 0.489 e. The molecule has 33 heavy (non-hydrogen) atoms. The van der Waals surface area contributed by atoms with Crippen molar-refractivity contribution in [3.63, 3.8) is 0 Å². The van der Waals surface area contributed by atoms with E-state index in [2.05, 4.69) is 11.4 Å². The summed E-state index contributed by atoms with van der Waals surface area (Å²) in [6, 6.07) is 22.2. The second-order valence-electron chi connectivity index (χ2n) is 7.42. The first kappa shape index (κ1) is 21.5. The molecule has 0 unspecified atom stereocenters. The van der Waals surface area contributed by atoms with Crippen molar-refractivity contribution in [3.05, 3.63) is 101 Å². The third-order valence-electron chi connectivity index (χ3n) is 5.12. The van der Waals surface area contributed by atoms with Crippen LogP contribution in [0.15, 0.2) is 78.4 Å². The number of rotatable bonds is 5. The topological polar surface area (TPSA) is 99.5 Å². The molecule has 1 aliphatic rings. The zero-order valence-corrected chi connectivity index (χ0v) is 17.7. The molecule has 0 saturated carbocycles. The molecule has 4 amide bonds. The predicted octanol–water partition coefficient (Wildman–Crippen LogP) is 4.11. The Morgan fingerprint density at radius 1 is 0.970 bits per heavy atom. The first-order valence-electron chi connectivity index (χ1n) is 10.2. The number of hydrogen-bond donors (Lipinski definition) is 1. The van der Waals surface area contributed by atoms with E-state index in [0.717, 1.165) is 16.0 Å². The molecule has 1 saturated heterocycles. The molecule has 0 bridgehead atoms. The fourth-order valence-corrected chi connectivity index (χ4v) is 3.33. The van der Waals surface area contributed by atoms with Crippen LogP contribution in [-0.2, 0) is 16.2 Å². The lowest BCUT2D eigenvalue weighted by Gasteiger charge is -2.26. The number of urea groups is 1. The molecular weight excluding hydrogens is 418 g/mol. The summed E-state index contributed by atoms with van der Waals surface area (Å²) in [4.78, 5) is 38.5. The highest BCUT2D eigenvalue weighted by Crippen LogP contribution is 2.23. The number of nitriles is 1. The molecule has 4 rings (SSSR count). The number of ether oxygens (including phenoxy) is 1. The number of carbonyl (C=O) groups excluding carboxylic acids is 3. The molecule has 7 nitrogen and oxygen atoms in total. The lowest BCUT2D eigenvalue weighted by molar-refractivity contribution is -0.122. The summed E-state index contributed by atoms with van der Waals surface area (Å²) in [5.41, 5.74) is 3.13. The maximum Gasteiger partial charge on any atom is 0.335 e. The molecule has 1 aliphatic heterocycles. The number of barbiturate groups is 1. The average Bonchev–Trinajstić information content (AvgIpc) is 2.82. The quantitative estimate of drug-likeness (QED) is 0.478. The van der Waals surface area contributed by atoms with Crippen LogP contribution in [0, 0.1) is 18.3 Å². The first-order valence-corrected chi connectivity index (χ1v) is 10.2. The van der Waals surface area contributed by atoms with Gasteiger partial charge in [-0.15, -0.1) is 0 Å². The van der Waals surface area contributed by atoms with Gasteiger partial charge in [0, 0.05) is 5.56 Å². The van der Waals surface area contributed by atoms with Crippen LogP contribution in [0.4, 0.5) is 10.5 Å². The Kier molecular flexibility index (Phi) is 6.00. The number of carbonyl (C=O) groups is 3. The average molecular weight is 437 g/mol. The zero-order valence-electron chi connectivity index (χ0n) is 17.7. The van der Waals surface area contributed by atoms with Crippen LogP contribution in [-0.4, -0.2) is 17.8 Å². The van der Waals surface area contributed by atoms with Crippen molar-refractivity contribution in [2.24, 2.45) is 0 Å². The summed E-state index contributed by atoms with van der Waals surface area (Å²) in [6.07, 6.45) is 1.43. The fourth-order valence-electron chi connectivity index (χ4n) is 3.33. The third kappa shape index (κ3) is 4.65. The molecule has 1 fully saturated rings. The summed E-state index contributed by atoms with van der Waals surface area (Å²) >= 11 is 0. The molecule has 3 aromatic rings. The van der Waals surface area contributed by atoms with Crippen LogP contribution in [0.5, 0.6) is 5.75 Å². The van der Waals surface area contributed by atoms with Gasteiger partial charge in [0.2, 0.25) is 0 Å². The van der Waals surface area contributed by atoms with Crippen molar-refractivity contribution in [2.45, 2.75) is 13.5 Å².